The molecule has 98 valence electrons. The molecule has 1 heterocycles. The highest BCUT2D eigenvalue weighted by molar-refractivity contribution is 7.80. The first kappa shape index (κ1) is 13.1. The molecular formula is C14H20N2OS. The predicted octanol–water partition coefficient (Wildman–Crippen LogP) is 2.77. The summed E-state index contributed by atoms with van der Waals surface area (Å²) in [5.74, 6) is 0.970. The Balaban J connectivity index is 1.92. The highest BCUT2D eigenvalue weighted by atomic mass is 32.1. The number of rotatable bonds is 4. The fraction of sp³-hybridized carbons (Fsp3) is 0.500. The third-order valence-corrected chi connectivity index (χ3v) is 3.34. The van der Waals surface area contributed by atoms with E-state index in [1.165, 1.54) is 12.0 Å². The average molecular weight is 264 g/mol. The van der Waals surface area contributed by atoms with Gasteiger partial charge in [0.05, 0.1) is 12.6 Å². The molecule has 1 aliphatic heterocycles. The van der Waals surface area contributed by atoms with Crippen LogP contribution in [0.3, 0.4) is 0 Å². The largest absolute Gasteiger partial charge is 0.493 e. The molecule has 0 spiro atoms. The molecule has 2 rings (SSSR count). The molecule has 0 aromatic heterocycles. The Bertz CT molecular complexity index is 409. The second kappa shape index (κ2) is 6.59. The second-order valence-corrected chi connectivity index (χ2v) is 4.89. The Morgan fingerprint density at radius 2 is 2.28 bits per heavy atom. The van der Waals surface area contributed by atoms with Crippen LogP contribution < -0.4 is 15.4 Å². The molecule has 1 aliphatic rings. The van der Waals surface area contributed by atoms with Gasteiger partial charge in [0.25, 0.3) is 0 Å². The van der Waals surface area contributed by atoms with Gasteiger partial charge in [0.2, 0.25) is 0 Å². The summed E-state index contributed by atoms with van der Waals surface area (Å²) in [4.78, 5) is 0. The molecule has 1 atom stereocenters. The zero-order valence-corrected chi connectivity index (χ0v) is 11.6. The van der Waals surface area contributed by atoms with E-state index in [0.717, 1.165) is 36.9 Å². The summed E-state index contributed by atoms with van der Waals surface area (Å²) >= 11 is 5.31. The molecule has 1 aromatic carbocycles. The van der Waals surface area contributed by atoms with E-state index in [2.05, 4.69) is 23.6 Å². The van der Waals surface area contributed by atoms with Crippen molar-refractivity contribution in [1.29, 1.82) is 0 Å². The van der Waals surface area contributed by atoms with Crippen molar-refractivity contribution >= 4 is 17.3 Å². The zero-order valence-electron chi connectivity index (χ0n) is 10.7. The van der Waals surface area contributed by atoms with Crippen LogP contribution in [0.2, 0.25) is 0 Å². The summed E-state index contributed by atoms with van der Waals surface area (Å²) < 4.78 is 5.63. The summed E-state index contributed by atoms with van der Waals surface area (Å²) in [5.41, 5.74) is 1.20. The van der Waals surface area contributed by atoms with Crippen LogP contribution in [0.1, 0.15) is 37.8 Å². The fourth-order valence-electron chi connectivity index (χ4n) is 2.08. The molecule has 0 saturated carbocycles. The Morgan fingerprint density at radius 3 is 3.11 bits per heavy atom. The molecule has 1 aromatic rings. The van der Waals surface area contributed by atoms with Crippen molar-refractivity contribution in [2.45, 2.75) is 32.2 Å². The van der Waals surface area contributed by atoms with Gasteiger partial charge in [-0.25, -0.2) is 0 Å². The molecule has 0 aliphatic carbocycles. The van der Waals surface area contributed by atoms with Crippen LogP contribution >= 0.6 is 12.2 Å². The SMILES string of the molecule is CCCCNC(=S)N[C@@H]1CCOc2ccccc21. The summed E-state index contributed by atoms with van der Waals surface area (Å²) in [7, 11) is 0. The first-order valence-electron chi connectivity index (χ1n) is 6.57. The minimum Gasteiger partial charge on any atom is -0.493 e. The Kier molecular flexibility index (Phi) is 4.81. The van der Waals surface area contributed by atoms with E-state index in [9.17, 15) is 0 Å². The maximum atomic E-state index is 5.63. The van der Waals surface area contributed by atoms with E-state index in [1.54, 1.807) is 0 Å². The fourth-order valence-corrected chi connectivity index (χ4v) is 2.32. The number of benzene rings is 1. The van der Waals surface area contributed by atoms with Crippen LogP contribution in [-0.4, -0.2) is 18.3 Å². The topological polar surface area (TPSA) is 33.3 Å². The molecule has 0 fully saturated rings. The van der Waals surface area contributed by atoms with E-state index in [4.69, 9.17) is 17.0 Å². The van der Waals surface area contributed by atoms with Crippen molar-refractivity contribution in [3.05, 3.63) is 29.8 Å². The smallest absolute Gasteiger partial charge is 0.166 e. The van der Waals surface area contributed by atoms with Crippen LogP contribution in [0.5, 0.6) is 5.75 Å². The predicted molar refractivity (Wildman–Crippen MR) is 77.9 cm³/mol. The monoisotopic (exact) mass is 264 g/mol. The molecular weight excluding hydrogens is 244 g/mol. The number of nitrogens with one attached hydrogen (secondary N) is 2. The standard InChI is InChI=1S/C14H20N2OS/c1-2-3-9-15-14(18)16-12-8-10-17-13-7-5-4-6-11(12)13/h4-7,12H,2-3,8-10H2,1H3,(H2,15,16,18)/t12-/m1/s1. The number of hydrogen-bond acceptors (Lipinski definition) is 2. The van der Waals surface area contributed by atoms with E-state index < -0.39 is 0 Å². The summed E-state index contributed by atoms with van der Waals surface area (Å²) in [6, 6.07) is 8.41. The molecule has 0 bridgehead atoms. The lowest BCUT2D eigenvalue weighted by Gasteiger charge is -2.27. The number of hydrogen-bond donors (Lipinski definition) is 2. The van der Waals surface area contributed by atoms with Crippen molar-refractivity contribution in [2.75, 3.05) is 13.2 Å². The minimum atomic E-state index is 0.261. The maximum absolute atomic E-state index is 5.63. The number of para-hydroxylation sites is 1. The lowest BCUT2D eigenvalue weighted by atomic mass is 10.0. The maximum Gasteiger partial charge on any atom is 0.166 e. The third kappa shape index (κ3) is 3.35. The van der Waals surface area contributed by atoms with Gasteiger partial charge in [-0.15, -0.1) is 0 Å². The normalized spacial score (nSPS) is 17.5. The summed E-state index contributed by atoms with van der Waals surface area (Å²) in [6.07, 6.45) is 3.27. The molecule has 18 heavy (non-hydrogen) atoms. The molecule has 0 radical (unpaired) electrons. The van der Waals surface area contributed by atoms with Gasteiger partial charge in [0.15, 0.2) is 5.11 Å². The lowest BCUT2D eigenvalue weighted by Crippen LogP contribution is -2.39. The highest BCUT2D eigenvalue weighted by Gasteiger charge is 2.21. The van der Waals surface area contributed by atoms with E-state index in [0.29, 0.717) is 0 Å². The van der Waals surface area contributed by atoms with Gasteiger partial charge in [-0.2, -0.15) is 0 Å². The Morgan fingerprint density at radius 1 is 1.44 bits per heavy atom. The van der Waals surface area contributed by atoms with Gasteiger partial charge in [0.1, 0.15) is 5.75 Å². The van der Waals surface area contributed by atoms with Crippen molar-refractivity contribution in [2.24, 2.45) is 0 Å². The van der Waals surface area contributed by atoms with Gasteiger partial charge in [-0.3, -0.25) is 0 Å². The Labute approximate surface area is 114 Å². The van der Waals surface area contributed by atoms with Crippen LogP contribution in [0.15, 0.2) is 24.3 Å². The Hall–Kier alpha value is -1.29. The molecule has 4 heteroatoms. The van der Waals surface area contributed by atoms with E-state index in [-0.39, 0.29) is 6.04 Å². The molecule has 0 saturated heterocycles. The van der Waals surface area contributed by atoms with E-state index >= 15 is 0 Å². The van der Waals surface area contributed by atoms with Crippen molar-refractivity contribution in [3.8, 4) is 5.75 Å². The van der Waals surface area contributed by atoms with E-state index in [1.807, 2.05) is 18.2 Å². The molecule has 0 unspecified atom stereocenters. The molecule has 0 amide bonds. The van der Waals surface area contributed by atoms with Crippen LogP contribution in [0.4, 0.5) is 0 Å². The number of ether oxygens (including phenoxy) is 1. The number of thiocarbonyl (C=S) groups is 1. The van der Waals surface area contributed by atoms with Crippen molar-refractivity contribution in [1.82, 2.24) is 10.6 Å². The van der Waals surface area contributed by atoms with Gasteiger partial charge in [-0.1, -0.05) is 31.5 Å². The summed E-state index contributed by atoms with van der Waals surface area (Å²) in [6.45, 7) is 3.85. The number of fused-ring (bicyclic) bond motifs is 1. The third-order valence-electron chi connectivity index (χ3n) is 3.08. The van der Waals surface area contributed by atoms with Crippen LogP contribution in [0, 0.1) is 0 Å². The van der Waals surface area contributed by atoms with Crippen molar-refractivity contribution < 1.29 is 4.74 Å². The van der Waals surface area contributed by atoms with Gasteiger partial charge in [-0.05, 0) is 24.7 Å². The first-order valence-corrected chi connectivity index (χ1v) is 6.98. The quantitative estimate of drug-likeness (QED) is 0.647. The van der Waals surface area contributed by atoms with Gasteiger partial charge >= 0.3 is 0 Å². The van der Waals surface area contributed by atoms with Crippen LogP contribution in [-0.2, 0) is 0 Å². The highest BCUT2D eigenvalue weighted by Crippen LogP contribution is 2.31. The van der Waals surface area contributed by atoms with Crippen molar-refractivity contribution in [3.63, 3.8) is 0 Å². The number of unbranched alkanes of at least 4 members (excludes halogenated alkanes) is 1. The van der Waals surface area contributed by atoms with Gasteiger partial charge < -0.3 is 15.4 Å². The minimum absolute atomic E-state index is 0.261. The summed E-state index contributed by atoms with van der Waals surface area (Å²) in [5, 5.41) is 7.36. The molecule has 3 nitrogen and oxygen atoms in total. The van der Waals surface area contributed by atoms with Gasteiger partial charge in [0, 0.05) is 18.5 Å². The van der Waals surface area contributed by atoms with Crippen LogP contribution in [0.25, 0.3) is 0 Å². The first-order chi connectivity index (χ1) is 8.81. The lowest BCUT2D eigenvalue weighted by molar-refractivity contribution is 0.262. The molecule has 2 N–H and O–H groups in total. The zero-order chi connectivity index (χ0) is 12.8. The second-order valence-electron chi connectivity index (χ2n) is 4.48. The average Bonchev–Trinajstić information content (AvgIpc) is 2.39.